The van der Waals surface area contributed by atoms with Crippen LogP contribution < -0.4 is 4.74 Å². The van der Waals surface area contributed by atoms with Crippen LogP contribution in [-0.2, 0) is 4.79 Å². The van der Waals surface area contributed by atoms with Crippen molar-refractivity contribution in [2.24, 2.45) is 0 Å². The zero-order valence-corrected chi connectivity index (χ0v) is 12.0. The number of hydrogen-bond acceptors (Lipinski definition) is 4. The van der Waals surface area contributed by atoms with Crippen molar-refractivity contribution >= 4 is 23.2 Å². The molecule has 0 unspecified atom stereocenters. The van der Waals surface area contributed by atoms with Gasteiger partial charge in [0.15, 0.2) is 0 Å². The predicted molar refractivity (Wildman–Crippen MR) is 76.2 cm³/mol. The van der Waals surface area contributed by atoms with Gasteiger partial charge in [0.05, 0.1) is 11.5 Å². The molecule has 1 amide bonds. The number of alkyl halides is 1. The molecular weight excluding hydrogens is 284 g/mol. The summed E-state index contributed by atoms with van der Waals surface area (Å²) in [6.45, 7) is 1.03. The average molecular weight is 301 g/mol. The minimum absolute atomic E-state index is 0.00957. The van der Waals surface area contributed by atoms with Gasteiger partial charge in [-0.3, -0.25) is 14.9 Å². The minimum atomic E-state index is -0.457. The van der Waals surface area contributed by atoms with E-state index in [1.165, 1.54) is 12.1 Å². The van der Waals surface area contributed by atoms with E-state index in [2.05, 4.69) is 0 Å². The molecule has 0 fully saturated rings. The quantitative estimate of drug-likeness (QED) is 0.320. The third-order valence-corrected chi connectivity index (χ3v) is 2.88. The molecule has 0 radical (unpaired) electrons. The Morgan fingerprint density at radius 2 is 2.05 bits per heavy atom. The van der Waals surface area contributed by atoms with E-state index >= 15 is 0 Å². The maximum atomic E-state index is 11.4. The van der Waals surface area contributed by atoms with E-state index in [0.29, 0.717) is 37.6 Å². The van der Waals surface area contributed by atoms with Gasteiger partial charge in [0.25, 0.3) is 5.69 Å². The highest BCUT2D eigenvalue weighted by atomic mass is 35.5. The number of ether oxygens (including phenoxy) is 1. The number of nitrogens with zero attached hydrogens (tertiary/aromatic N) is 2. The molecule has 0 atom stereocenters. The van der Waals surface area contributed by atoms with E-state index in [0.717, 1.165) is 0 Å². The molecule has 0 saturated carbocycles. The molecule has 0 N–H and O–H groups in total. The lowest BCUT2D eigenvalue weighted by atomic mass is 10.3. The molecule has 0 bridgehead atoms. The van der Waals surface area contributed by atoms with Gasteiger partial charge in [-0.2, -0.15) is 0 Å². The first-order valence-corrected chi connectivity index (χ1v) is 6.75. The Morgan fingerprint density at radius 1 is 1.40 bits per heavy atom. The molecule has 6 nitrogen and oxygen atoms in total. The molecule has 0 saturated heterocycles. The van der Waals surface area contributed by atoms with Gasteiger partial charge in [0, 0.05) is 38.0 Å². The van der Waals surface area contributed by atoms with Gasteiger partial charge < -0.3 is 9.64 Å². The highest BCUT2D eigenvalue weighted by Crippen LogP contribution is 2.17. The molecule has 7 heteroatoms. The van der Waals surface area contributed by atoms with Crippen LogP contribution in [0.25, 0.3) is 0 Å². The molecule has 1 aromatic rings. The molecule has 20 heavy (non-hydrogen) atoms. The summed E-state index contributed by atoms with van der Waals surface area (Å²) >= 11 is 5.50. The van der Waals surface area contributed by atoms with Gasteiger partial charge >= 0.3 is 0 Å². The van der Waals surface area contributed by atoms with Crippen LogP contribution in [0.1, 0.15) is 12.8 Å². The zero-order chi connectivity index (χ0) is 15.0. The van der Waals surface area contributed by atoms with Crippen molar-refractivity contribution in [3.8, 4) is 5.75 Å². The summed E-state index contributed by atoms with van der Waals surface area (Å²) in [5.74, 6) is 0.906. The largest absolute Gasteiger partial charge is 0.494 e. The minimum Gasteiger partial charge on any atom is -0.494 e. The number of carbonyl (C=O) groups excluding carboxylic acids is 1. The van der Waals surface area contributed by atoms with Crippen molar-refractivity contribution in [3.63, 3.8) is 0 Å². The summed E-state index contributed by atoms with van der Waals surface area (Å²) in [4.78, 5) is 23.1. The summed E-state index contributed by atoms with van der Waals surface area (Å²) < 4.78 is 5.44. The summed E-state index contributed by atoms with van der Waals surface area (Å²) in [6, 6.07) is 5.90. The maximum Gasteiger partial charge on any atom is 0.269 e. The summed E-state index contributed by atoms with van der Waals surface area (Å²) in [6.07, 6.45) is 1.02. The number of hydrogen-bond donors (Lipinski definition) is 0. The van der Waals surface area contributed by atoms with Gasteiger partial charge in [0.1, 0.15) is 5.75 Å². The predicted octanol–water partition coefficient (Wildman–Crippen LogP) is 2.45. The van der Waals surface area contributed by atoms with E-state index in [-0.39, 0.29) is 11.6 Å². The van der Waals surface area contributed by atoms with Crippen LogP contribution in [0.15, 0.2) is 24.3 Å². The molecule has 1 aromatic carbocycles. The van der Waals surface area contributed by atoms with Crippen molar-refractivity contribution in [2.75, 3.05) is 26.1 Å². The van der Waals surface area contributed by atoms with Gasteiger partial charge in [-0.15, -0.1) is 11.6 Å². The van der Waals surface area contributed by atoms with E-state index in [9.17, 15) is 14.9 Å². The highest BCUT2D eigenvalue weighted by Gasteiger charge is 2.07. The van der Waals surface area contributed by atoms with Gasteiger partial charge in [-0.25, -0.2) is 0 Å². The number of rotatable bonds is 8. The van der Waals surface area contributed by atoms with Crippen molar-refractivity contribution in [1.82, 2.24) is 4.90 Å². The molecule has 0 aromatic heterocycles. The van der Waals surface area contributed by atoms with E-state index in [1.807, 2.05) is 0 Å². The van der Waals surface area contributed by atoms with E-state index < -0.39 is 4.92 Å². The summed E-state index contributed by atoms with van der Waals surface area (Å²) in [7, 11) is 1.72. The van der Waals surface area contributed by atoms with Crippen molar-refractivity contribution in [3.05, 3.63) is 34.4 Å². The van der Waals surface area contributed by atoms with E-state index in [4.69, 9.17) is 16.3 Å². The fourth-order valence-electron chi connectivity index (χ4n) is 1.55. The molecule has 0 aliphatic rings. The van der Waals surface area contributed by atoms with Crippen LogP contribution in [0.4, 0.5) is 5.69 Å². The van der Waals surface area contributed by atoms with Crippen LogP contribution in [0.2, 0.25) is 0 Å². The third kappa shape index (κ3) is 5.44. The molecule has 1 rings (SSSR count). The molecule has 0 aliphatic heterocycles. The first-order valence-electron chi connectivity index (χ1n) is 6.21. The zero-order valence-electron chi connectivity index (χ0n) is 11.3. The lowest BCUT2D eigenvalue weighted by molar-refractivity contribution is -0.384. The van der Waals surface area contributed by atoms with Gasteiger partial charge in [-0.05, 0) is 18.6 Å². The SMILES string of the molecule is CN(CCCOc1ccc([N+](=O)[O-])cc1)C(=O)CCCl. The van der Waals surface area contributed by atoms with Crippen LogP contribution in [-0.4, -0.2) is 41.8 Å². The Morgan fingerprint density at radius 3 is 2.60 bits per heavy atom. The Bertz CT molecular complexity index is 450. The Hall–Kier alpha value is -1.82. The molecule has 110 valence electrons. The smallest absolute Gasteiger partial charge is 0.269 e. The normalized spacial score (nSPS) is 10.1. The van der Waals surface area contributed by atoms with Crippen LogP contribution in [0, 0.1) is 10.1 Å². The number of halogens is 1. The van der Waals surface area contributed by atoms with Gasteiger partial charge in [0.2, 0.25) is 5.91 Å². The first-order chi connectivity index (χ1) is 9.54. The van der Waals surface area contributed by atoms with Crippen LogP contribution in [0.3, 0.4) is 0 Å². The monoisotopic (exact) mass is 300 g/mol. The van der Waals surface area contributed by atoms with Crippen LogP contribution in [0.5, 0.6) is 5.75 Å². The second-order valence-electron chi connectivity index (χ2n) is 4.21. The Labute approximate surface area is 122 Å². The Balaban J connectivity index is 2.27. The standard InChI is InChI=1S/C13H17ClN2O4/c1-15(13(17)7-8-14)9-2-10-20-12-5-3-11(4-6-12)16(18)19/h3-6H,2,7-10H2,1H3. The number of non-ortho nitro benzene ring substituents is 1. The van der Waals surface area contributed by atoms with Gasteiger partial charge in [-0.1, -0.05) is 0 Å². The first kappa shape index (κ1) is 16.2. The molecular formula is C13H17ClN2O4. The number of nitro benzene ring substituents is 1. The third-order valence-electron chi connectivity index (χ3n) is 2.69. The maximum absolute atomic E-state index is 11.4. The topological polar surface area (TPSA) is 72.7 Å². The molecule has 0 heterocycles. The van der Waals surface area contributed by atoms with E-state index in [1.54, 1.807) is 24.1 Å². The number of nitro groups is 1. The number of carbonyl (C=O) groups is 1. The average Bonchev–Trinajstić information content (AvgIpc) is 2.44. The van der Waals surface area contributed by atoms with Crippen molar-refractivity contribution in [2.45, 2.75) is 12.8 Å². The second kappa shape index (κ2) is 8.37. The Kier molecular flexibility index (Phi) is 6.79. The van der Waals surface area contributed by atoms with Crippen LogP contribution >= 0.6 is 11.6 Å². The molecule has 0 spiro atoms. The van der Waals surface area contributed by atoms with Crippen molar-refractivity contribution < 1.29 is 14.5 Å². The summed E-state index contributed by atoms with van der Waals surface area (Å²) in [5, 5.41) is 10.5. The lowest BCUT2D eigenvalue weighted by Gasteiger charge is -2.16. The fraction of sp³-hybridized carbons (Fsp3) is 0.462. The highest BCUT2D eigenvalue weighted by molar-refractivity contribution is 6.18. The van der Waals surface area contributed by atoms with Crippen molar-refractivity contribution in [1.29, 1.82) is 0 Å². The summed E-state index contributed by atoms with van der Waals surface area (Å²) in [5.41, 5.74) is 0.0313. The number of benzene rings is 1. The number of amides is 1. The second-order valence-corrected chi connectivity index (χ2v) is 4.59. The fourth-order valence-corrected chi connectivity index (χ4v) is 1.71. The molecule has 0 aliphatic carbocycles. The lowest BCUT2D eigenvalue weighted by Crippen LogP contribution is -2.28.